The maximum atomic E-state index is 12.4. The van der Waals surface area contributed by atoms with Gasteiger partial charge in [0.15, 0.2) is 0 Å². The number of halogens is 1. The molecule has 110 valence electrons. The predicted octanol–water partition coefficient (Wildman–Crippen LogP) is 2.15. The maximum absolute atomic E-state index is 12.4. The van der Waals surface area contributed by atoms with Gasteiger partial charge in [-0.15, -0.1) is 0 Å². The van der Waals surface area contributed by atoms with Crippen molar-refractivity contribution in [3.63, 3.8) is 0 Å². The molecule has 1 aromatic heterocycles. The van der Waals surface area contributed by atoms with E-state index in [1.165, 1.54) is 16.7 Å². The van der Waals surface area contributed by atoms with Crippen LogP contribution in [0.15, 0.2) is 23.0 Å². The largest absolute Gasteiger partial charge is 0.493 e. The van der Waals surface area contributed by atoms with Gasteiger partial charge >= 0.3 is 5.69 Å². The van der Waals surface area contributed by atoms with E-state index in [1.807, 2.05) is 0 Å². The number of aromatic hydroxyl groups is 1. The first kappa shape index (κ1) is 14.0. The van der Waals surface area contributed by atoms with Crippen molar-refractivity contribution in [2.24, 2.45) is 0 Å². The highest BCUT2D eigenvalue weighted by Gasteiger charge is 2.24. The van der Waals surface area contributed by atoms with Crippen molar-refractivity contribution in [3.05, 3.63) is 49.5 Å². The third-order valence-corrected chi connectivity index (χ3v) is 4.55. The van der Waals surface area contributed by atoms with E-state index in [0.29, 0.717) is 18.0 Å². The van der Waals surface area contributed by atoms with Gasteiger partial charge in [-0.1, -0.05) is 11.6 Å². The summed E-state index contributed by atoms with van der Waals surface area (Å²) in [5.74, 6) is 1.17. The summed E-state index contributed by atoms with van der Waals surface area (Å²) in [5, 5.41) is 21.0. The number of thioether (sulfide) groups is 1. The molecule has 0 saturated heterocycles. The molecule has 1 aliphatic rings. The van der Waals surface area contributed by atoms with Crippen molar-refractivity contribution < 1.29 is 10.0 Å². The molecule has 0 unspecified atom stereocenters. The normalized spacial score (nSPS) is 14.0. The van der Waals surface area contributed by atoms with Crippen molar-refractivity contribution >= 4 is 29.1 Å². The van der Waals surface area contributed by atoms with Gasteiger partial charge in [0.1, 0.15) is 0 Å². The highest BCUT2D eigenvalue weighted by molar-refractivity contribution is 7.98. The van der Waals surface area contributed by atoms with Crippen molar-refractivity contribution in [2.45, 2.75) is 12.3 Å². The second-order valence-corrected chi connectivity index (χ2v) is 6.00. The fourth-order valence-corrected chi connectivity index (χ4v) is 3.48. The van der Waals surface area contributed by atoms with Crippen LogP contribution in [0.25, 0.3) is 5.69 Å². The van der Waals surface area contributed by atoms with E-state index in [0.717, 1.165) is 16.4 Å². The summed E-state index contributed by atoms with van der Waals surface area (Å²) in [6, 6.07) is 3.77. The molecule has 0 saturated carbocycles. The Hall–Kier alpha value is -1.93. The first-order valence-electron chi connectivity index (χ1n) is 6.06. The molecule has 21 heavy (non-hydrogen) atoms. The van der Waals surface area contributed by atoms with Crippen molar-refractivity contribution in [1.29, 1.82) is 0 Å². The molecule has 2 heterocycles. The Morgan fingerprint density at radius 1 is 1.43 bits per heavy atom. The van der Waals surface area contributed by atoms with Crippen LogP contribution in [-0.2, 0) is 12.3 Å². The highest BCUT2D eigenvalue weighted by Crippen LogP contribution is 2.31. The van der Waals surface area contributed by atoms with Crippen molar-refractivity contribution in [1.82, 2.24) is 9.13 Å². The van der Waals surface area contributed by atoms with Crippen LogP contribution in [0.4, 0.5) is 5.69 Å². The molecular weight excluding hydrogens is 318 g/mol. The van der Waals surface area contributed by atoms with E-state index in [-0.39, 0.29) is 22.3 Å². The van der Waals surface area contributed by atoms with Gasteiger partial charge in [-0.05, 0) is 6.07 Å². The SMILES string of the molecule is O=c1n2c(c(O)n1-c1ccc([N+](=O)[O-])cc1Cl)CSCC2. The molecule has 0 spiro atoms. The van der Waals surface area contributed by atoms with Crippen LogP contribution in [-0.4, -0.2) is 24.9 Å². The number of hydrogen-bond acceptors (Lipinski definition) is 5. The fraction of sp³-hybridized carbons (Fsp3) is 0.250. The summed E-state index contributed by atoms with van der Waals surface area (Å²) in [7, 11) is 0. The smallest absolute Gasteiger partial charge is 0.336 e. The van der Waals surface area contributed by atoms with E-state index in [1.54, 1.807) is 11.8 Å². The van der Waals surface area contributed by atoms with Crippen molar-refractivity contribution in [3.8, 4) is 11.6 Å². The molecule has 0 aliphatic carbocycles. The number of imidazole rings is 1. The Bertz CT molecular complexity index is 799. The van der Waals surface area contributed by atoms with Crippen LogP contribution in [0, 0.1) is 10.1 Å². The molecule has 9 heteroatoms. The van der Waals surface area contributed by atoms with Gasteiger partial charge < -0.3 is 5.11 Å². The quantitative estimate of drug-likeness (QED) is 0.674. The van der Waals surface area contributed by atoms with E-state index < -0.39 is 10.6 Å². The number of benzene rings is 1. The van der Waals surface area contributed by atoms with Crippen LogP contribution < -0.4 is 5.69 Å². The Labute approximate surface area is 127 Å². The lowest BCUT2D eigenvalue weighted by atomic mass is 10.3. The van der Waals surface area contributed by atoms with E-state index in [9.17, 15) is 20.0 Å². The minimum Gasteiger partial charge on any atom is -0.493 e. The lowest BCUT2D eigenvalue weighted by Gasteiger charge is -2.11. The minimum absolute atomic E-state index is 0.0391. The Kier molecular flexibility index (Phi) is 3.42. The fourth-order valence-electron chi connectivity index (χ4n) is 2.28. The second-order valence-electron chi connectivity index (χ2n) is 4.49. The molecule has 0 amide bonds. The predicted molar refractivity (Wildman–Crippen MR) is 79.5 cm³/mol. The Morgan fingerprint density at radius 2 is 2.19 bits per heavy atom. The number of nitro benzene ring substituents is 1. The van der Waals surface area contributed by atoms with Crippen LogP contribution in [0.2, 0.25) is 5.02 Å². The molecule has 1 N–H and O–H groups in total. The topological polar surface area (TPSA) is 90.3 Å². The summed E-state index contributed by atoms with van der Waals surface area (Å²) >= 11 is 7.65. The average Bonchev–Trinajstić information content (AvgIpc) is 2.72. The van der Waals surface area contributed by atoms with Gasteiger partial charge in [-0.2, -0.15) is 11.8 Å². The standard InChI is InChI=1S/C12H10ClN3O4S/c13-8-5-7(16(19)20)1-2-9(8)15-11(17)10-6-21-4-3-14(10)12(15)18/h1-2,5,17H,3-4,6H2. The van der Waals surface area contributed by atoms with Gasteiger partial charge in [0, 0.05) is 30.2 Å². The zero-order valence-corrected chi connectivity index (χ0v) is 12.2. The summed E-state index contributed by atoms with van der Waals surface area (Å²) in [4.78, 5) is 22.5. The zero-order valence-electron chi connectivity index (χ0n) is 10.7. The monoisotopic (exact) mass is 327 g/mol. The summed E-state index contributed by atoms with van der Waals surface area (Å²) in [6.45, 7) is 0.518. The summed E-state index contributed by atoms with van der Waals surface area (Å²) in [5.41, 5.74) is 0.219. The molecule has 7 nitrogen and oxygen atoms in total. The van der Waals surface area contributed by atoms with E-state index in [2.05, 4.69) is 0 Å². The number of hydrogen-bond donors (Lipinski definition) is 1. The van der Waals surface area contributed by atoms with Crippen LogP contribution in [0.5, 0.6) is 5.88 Å². The third kappa shape index (κ3) is 2.20. The molecule has 3 rings (SSSR count). The average molecular weight is 328 g/mol. The van der Waals surface area contributed by atoms with E-state index >= 15 is 0 Å². The second kappa shape index (κ2) is 5.12. The Balaban J connectivity index is 2.20. The third-order valence-electron chi connectivity index (χ3n) is 3.30. The Morgan fingerprint density at radius 3 is 2.81 bits per heavy atom. The zero-order chi connectivity index (χ0) is 15.1. The maximum Gasteiger partial charge on any atom is 0.336 e. The summed E-state index contributed by atoms with van der Waals surface area (Å²) in [6.07, 6.45) is 0. The first-order valence-corrected chi connectivity index (χ1v) is 7.59. The highest BCUT2D eigenvalue weighted by atomic mass is 35.5. The number of nitrogens with zero attached hydrogens (tertiary/aromatic N) is 3. The molecule has 0 fully saturated rings. The first-order chi connectivity index (χ1) is 10.0. The lowest BCUT2D eigenvalue weighted by Crippen LogP contribution is -2.26. The molecule has 0 atom stereocenters. The molecule has 2 aromatic rings. The number of nitro groups is 1. The van der Waals surface area contributed by atoms with Gasteiger partial charge in [0.2, 0.25) is 5.88 Å². The van der Waals surface area contributed by atoms with E-state index in [4.69, 9.17) is 11.6 Å². The van der Waals surface area contributed by atoms with Crippen LogP contribution in [0.3, 0.4) is 0 Å². The van der Waals surface area contributed by atoms with Gasteiger partial charge in [0.05, 0.1) is 21.3 Å². The van der Waals surface area contributed by atoms with Crippen LogP contribution in [0.1, 0.15) is 5.69 Å². The molecule has 0 radical (unpaired) electrons. The summed E-state index contributed by atoms with van der Waals surface area (Å²) < 4.78 is 2.59. The van der Waals surface area contributed by atoms with Crippen LogP contribution >= 0.6 is 23.4 Å². The molecule has 1 aromatic carbocycles. The van der Waals surface area contributed by atoms with Gasteiger partial charge in [-0.25, -0.2) is 9.36 Å². The number of non-ortho nitro benzene ring substituents is 1. The molecular formula is C12H10ClN3O4S. The van der Waals surface area contributed by atoms with Crippen molar-refractivity contribution in [2.75, 3.05) is 5.75 Å². The van der Waals surface area contributed by atoms with Gasteiger partial charge in [0.25, 0.3) is 5.69 Å². The molecule has 0 bridgehead atoms. The number of aromatic nitrogens is 2. The minimum atomic E-state index is -0.570. The molecule has 1 aliphatic heterocycles. The lowest BCUT2D eigenvalue weighted by molar-refractivity contribution is -0.384. The number of rotatable bonds is 2. The number of fused-ring (bicyclic) bond motifs is 1. The van der Waals surface area contributed by atoms with Gasteiger partial charge in [-0.3, -0.25) is 14.7 Å².